The van der Waals surface area contributed by atoms with Crippen LogP contribution in [0.5, 0.6) is 5.75 Å². The lowest BCUT2D eigenvalue weighted by molar-refractivity contribution is -0.138. The first-order valence-electron chi connectivity index (χ1n) is 7.04. The average Bonchev–Trinajstić information content (AvgIpc) is 2.82. The van der Waals surface area contributed by atoms with Gasteiger partial charge in [0.25, 0.3) is 5.91 Å². The summed E-state index contributed by atoms with van der Waals surface area (Å²) in [4.78, 5) is 14.4. The van der Waals surface area contributed by atoms with Crippen LogP contribution in [-0.2, 0) is 4.79 Å². The lowest BCUT2D eigenvalue weighted by atomic mass is 10.1. The topological polar surface area (TPSA) is 55.6 Å². The fraction of sp³-hybridized carbons (Fsp3) is 0.533. The van der Waals surface area contributed by atoms with Gasteiger partial charge in [0.2, 0.25) is 0 Å². The molecule has 22 heavy (non-hydrogen) atoms. The lowest BCUT2D eigenvalue weighted by Crippen LogP contribution is -2.42. The summed E-state index contributed by atoms with van der Waals surface area (Å²) >= 11 is 9.29. The number of amides is 1. The maximum atomic E-state index is 12.5. The first-order chi connectivity index (χ1) is 9.92. The Morgan fingerprint density at radius 3 is 2.82 bits per heavy atom. The van der Waals surface area contributed by atoms with Gasteiger partial charge >= 0.3 is 0 Å². The van der Waals surface area contributed by atoms with Crippen LogP contribution in [0.2, 0.25) is 5.02 Å². The highest BCUT2D eigenvalue weighted by atomic mass is 79.9. The third-order valence-electron chi connectivity index (χ3n) is 3.82. The maximum absolute atomic E-state index is 12.5. The molecule has 1 amide bonds. The number of halogens is 3. The fourth-order valence-corrected chi connectivity index (χ4v) is 3.44. The molecule has 2 N–H and O–H groups in total. The summed E-state index contributed by atoms with van der Waals surface area (Å²) in [7, 11) is 0. The quantitative estimate of drug-likeness (QED) is 0.824. The van der Waals surface area contributed by atoms with Crippen LogP contribution in [0.3, 0.4) is 0 Å². The summed E-state index contributed by atoms with van der Waals surface area (Å²) in [5.41, 5.74) is 5.70. The number of hydrogen-bond donors (Lipinski definition) is 1. The van der Waals surface area contributed by atoms with E-state index in [1.54, 1.807) is 25.1 Å². The summed E-state index contributed by atoms with van der Waals surface area (Å²) in [6, 6.07) is 5.45. The molecule has 1 saturated heterocycles. The number of carbonyl (C=O) groups is 1. The number of likely N-dealkylation sites (tertiary alicyclic amines) is 1. The minimum Gasteiger partial charge on any atom is -0.480 e. The van der Waals surface area contributed by atoms with Gasteiger partial charge in [-0.1, -0.05) is 11.6 Å². The van der Waals surface area contributed by atoms with Crippen molar-refractivity contribution in [1.82, 2.24) is 4.90 Å². The number of carbonyl (C=O) groups excluding carboxylic acids is 1. The number of hydrogen-bond acceptors (Lipinski definition) is 3. The second-order valence-corrected chi connectivity index (χ2v) is 6.80. The summed E-state index contributed by atoms with van der Waals surface area (Å²) in [5.74, 6) is 1.00. The van der Waals surface area contributed by atoms with Crippen molar-refractivity contribution in [3.8, 4) is 5.75 Å². The molecule has 1 aliphatic heterocycles. The van der Waals surface area contributed by atoms with Gasteiger partial charge in [0.05, 0.1) is 4.47 Å². The van der Waals surface area contributed by atoms with E-state index in [4.69, 9.17) is 22.1 Å². The Balaban J connectivity index is 0.00000242. The summed E-state index contributed by atoms with van der Waals surface area (Å²) in [6.45, 7) is 5.16. The van der Waals surface area contributed by atoms with Crippen molar-refractivity contribution in [2.24, 2.45) is 11.7 Å². The Kier molecular flexibility index (Phi) is 7.46. The first-order valence-corrected chi connectivity index (χ1v) is 8.21. The molecule has 2 rings (SSSR count). The van der Waals surface area contributed by atoms with Gasteiger partial charge in [0.15, 0.2) is 6.10 Å². The van der Waals surface area contributed by atoms with E-state index in [0.29, 0.717) is 29.8 Å². The predicted molar refractivity (Wildman–Crippen MR) is 94.8 cm³/mol. The van der Waals surface area contributed by atoms with Gasteiger partial charge in [0, 0.05) is 17.6 Å². The van der Waals surface area contributed by atoms with Crippen LogP contribution in [0, 0.1) is 5.92 Å². The van der Waals surface area contributed by atoms with E-state index in [0.717, 1.165) is 10.9 Å². The van der Waals surface area contributed by atoms with Crippen molar-refractivity contribution >= 4 is 45.8 Å². The van der Waals surface area contributed by atoms with Crippen molar-refractivity contribution in [1.29, 1.82) is 0 Å². The van der Waals surface area contributed by atoms with Crippen molar-refractivity contribution in [3.05, 3.63) is 27.7 Å². The summed E-state index contributed by atoms with van der Waals surface area (Å²) < 4.78 is 6.50. The number of nitrogens with zero attached hydrogens (tertiary/aromatic N) is 1. The van der Waals surface area contributed by atoms with Crippen molar-refractivity contribution < 1.29 is 9.53 Å². The average molecular weight is 412 g/mol. The van der Waals surface area contributed by atoms with E-state index >= 15 is 0 Å². The molecule has 1 aromatic rings. The largest absolute Gasteiger partial charge is 0.480 e. The van der Waals surface area contributed by atoms with Gasteiger partial charge in [-0.3, -0.25) is 4.79 Å². The summed E-state index contributed by atoms with van der Waals surface area (Å²) in [6.07, 6.45) is 0.418. The van der Waals surface area contributed by atoms with Crippen LogP contribution >= 0.6 is 39.9 Å². The van der Waals surface area contributed by atoms with Crippen molar-refractivity contribution in [3.63, 3.8) is 0 Å². The molecule has 0 spiro atoms. The van der Waals surface area contributed by atoms with Crippen molar-refractivity contribution in [2.75, 3.05) is 13.1 Å². The minimum atomic E-state index is -0.540. The molecular weight excluding hydrogens is 391 g/mol. The lowest BCUT2D eigenvalue weighted by Gasteiger charge is -2.25. The van der Waals surface area contributed by atoms with E-state index in [1.807, 2.05) is 4.90 Å². The second kappa shape index (κ2) is 8.39. The molecule has 0 bridgehead atoms. The Labute approximate surface area is 150 Å². The molecule has 7 heteroatoms. The predicted octanol–water partition coefficient (Wildman–Crippen LogP) is 3.49. The highest BCUT2D eigenvalue weighted by Gasteiger charge is 2.34. The number of nitrogens with two attached hydrogens (primary N) is 1. The van der Waals surface area contributed by atoms with Crippen LogP contribution < -0.4 is 10.5 Å². The van der Waals surface area contributed by atoms with Gasteiger partial charge in [0.1, 0.15) is 5.75 Å². The maximum Gasteiger partial charge on any atom is 0.263 e. The normalized spacial score (nSPS) is 22.1. The monoisotopic (exact) mass is 410 g/mol. The molecule has 0 radical (unpaired) electrons. The van der Waals surface area contributed by atoms with E-state index < -0.39 is 6.10 Å². The number of rotatable bonds is 4. The molecule has 3 unspecified atom stereocenters. The molecule has 0 aromatic heterocycles. The van der Waals surface area contributed by atoms with E-state index in [9.17, 15) is 4.79 Å². The van der Waals surface area contributed by atoms with Crippen LogP contribution in [-0.4, -0.2) is 36.0 Å². The SMILES string of the molecule is CC(Oc1ccc(Cl)cc1Br)C(=O)N1CC(CN)CC1C.Cl. The molecular formula is C15H21BrCl2N2O2. The molecule has 1 heterocycles. The molecule has 1 fully saturated rings. The summed E-state index contributed by atoms with van der Waals surface area (Å²) in [5, 5.41) is 0.618. The van der Waals surface area contributed by atoms with Crippen LogP contribution in [0.1, 0.15) is 20.3 Å². The van der Waals surface area contributed by atoms with Crippen LogP contribution in [0.25, 0.3) is 0 Å². The highest BCUT2D eigenvalue weighted by molar-refractivity contribution is 9.10. The van der Waals surface area contributed by atoms with Gasteiger partial charge < -0.3 is 15.4 Å². The van der Waals surface area contributed by atoms with Gasteiger partial charge in [-0.05, 0) is 66.9 Å². The molecule has 4 nitrogen and oxygen atoms in total. The standard InChI is InChI=1S/C15H20BrClN2O2.ClH/c1-9-5-11(7-18)8-19(9)15(20)10(2)21-14-4-3-12(17)6-13(14)16;/h3-4,6,9-11H,5,7-8,18H2,1-2H3;1H. The zero-order valence-electron chi connectivity index (χ0n) is 12.6. The zero-order chi connectivity index (χ0) is 15.6. The van der Waals surface area contributed by atoms with Gasteiger partial charge in [-0.2, -0.15) is 0 Å². The first kappa shape index (κ1) is 19.6. The molecule has 124 valence electrons. The van der Waals surface area contributed by atoms with Crippen LogP contribution in [0.15, 0.2) is 22.7 Å². The van der Waals surface area contributed by atoms with E-state index in [1.165, 1.54) is 0 Å². The Hall–Kier alpha value is -0.490. The third kappa shape index (κ3) is 4.51. The number of benzene rings is 1. The molecule has 1 aromatic carbocycles. The molecule has 0 saturated carbocycles. The highest BCUT2D eigenvalue weighted by Crippen LogP contribution is 2.30. The molecule has 1 aliphatic rings. The molecule has 0 aliphatic carbocycles. The van der Waals surface area contributed by atoms with Crippen LogP contribution in [0.4, 0.5) is 0 Å². The van der Waals surface area contributed by atoms with E-state index in [2.05, 4.69) is 22.9 Å². The van der Waals surface area contributed by atoms with E-state index in [-0.39, 0.29) is 24.4 Å². The smallest absolute Gasteiger partial charge is 0.263 e. The molecule has 3 atom stereocenters. The third-order valence-corrected chi connectivity index (χ3v) is 4.68. The fourth-order valence-electron chi connectivity index (χ4n) is 2.67. The number of ether oxygens (including phenoxy) is 1. The van der Waals surface area contributed by atoms with Gasteiger partial charge in [-0.15, -0.1) is 12.4 Å². The Morgan fingerprint density at radius 1 is 1.59 bits per heavy atom. The Morgan fingerprint density at radius 2 is 2.27 bits per heavy atom. The van der Waals surface area contributed by atoms with Crippen molar-refractivity contribution in [2.45, 2.75) is 32.4 Å². The zero-order valence-corrected chi connectivity index (χ0v) is 15.7. The second-order valence-electron chi connectivity index (χ2n) is 5.51. The Bertz CT molecular complexity index is 530. The van der Waals surface area contributed by atoms with Gasteiger partial charge in [-0.25, -0.2) is 0 Å². The minimum absolute atomic E-state index is 0.